The van der Waals surface area contributed by atoms with E-state index in [1.165, 1.54) is 0 Å². The van der Waals surface area contributed by atoms with E-state index in [0.717, 1.165) is 29.7 Å². The van der Waals surface area contributed by atoms with Crippen molar-refractivity contribution in [3.8, 4) is 5.88 Å². The zero-order chi connectivity index (χ0) is 13.9. The molecule has 0 saturated heterocycles. The quantitative estimate of drug-likeness (QED) is 0.849. The summed E-state index contributed by atoms with van der Waals surface area (Å²) in [5, 5.41) is 8.33. The molecule has 0 bridgehead atoms. The Labute approximate surface area is 114 Å². The zero-order valence-corrected chi connectivity index (χ0v) is 12.5. The van der Waals surface area contributed by atoms with Crippen molar-refractivity contribution in [1.82, 2.24) is 10.2 Å². The molecule has 100 valence electrons. The van der Waals surface area contributed by atoms with E-state index < -0.39 is 0 Å². The van der Waals surface area contributed by atoms with Gasteiger partial charge in [-0.15, -0.1) is 5.10 Å². The number of hydrogen-bond acceptors (Lipinski definition) is 4. The Morgan fingerprint density at radius 3 is 2.22 bits per heavy atom. The highest BCUT2D eigenvalue weighted by atomic mass is 32.1. The molecular weight excluding hydrogens is 246 g/mol. The van der Waals surface area contributed by atoms with Gasteiger partial charge in [0.15, 0.2) is 0 Å². The Bertz CT molecular complexity index is 452. The summed E-state index contributed by atoms with van der Waals surface area (Å²) >= 11 is 5.13. The van der Waals surface area contributed by atoms with Gasteiger partial charge < -0.3 is 10.5 Å². The van der Waals surface area contributed by atoms with Gasteiger partial charge in [-0.2, -0.15) is 5.10 Å². The van der Waals surface area contributed by atoms with Gasteiger partial charge in [-0.25, -0.2) is 0 Å². The lowest BCUT2D eigenvalue weighted by Crippen LogP contribution is -2.27. The van der Waals surface area contributed by atoms with Crippen LogP contribution in [0.4, 0.5) is 0 Å². The third-order valence-corrected chi connectivity index (χ3v) is 2.67. The normalized spacial score (nSPS) is 11.4. The predicted molar refractivity (Wildman–Crippen MR) is 77.1 cm³/mol. The molecule has 0 aliphatic carbocycles. The Balaban J connectivity index is 3.39. The first-order chi connectivity index (χ1) is 8.30. The molecule has 0 spiro atoms. The minimum atomic E-state index is -0.354. The maximum Gasteiger partial charge on any atom is 0.244 e. The summed E-state index contributed by atoms with van der Waals surface area (Å²) in [7, 11) is 0. The number of nitrogens with two attached hydrogens (primary N) is 1. The Morgan fingerprint density at radius 1 is 1.22 bits per heavy atom. The summed E-state index contributed by atoms with van der Waals surface area (Å²) < 4.78 is 5.80. The van der Waals surface area contributed by atoms with Gasteiger partial charge in [-0.05, 0) is 39.2 Å². The molecule has 0 aliphatic heterocycles. The van der Waals surface area contributed by atoms with Crippen molar-refractivity contribution in [2.45, 2.75) is 53.1 Å². The second-order valence-corrected chi connectivity index (χ2v) is 5.53. The van der Waals surface area contributed by atoms with Crippen LogP contribution in [0, 0.1) is 0 Å². The summed E-state index contributed by atoms with van der Waals surface area (Å²) in [5.41, 5.74) is 8.17. The second-order valence-electron chi connectivity index (χ2n) is 5.09. The molecular formula is C13H21N3OS. The minimum Gasteiger partial charge on any atom is -0.470 e. The van der Waals surface area contributed by atoms with Crippen LogP contribution in [0.15, 0.2) is 0 Å². The SMILES string of the molecule is CCc1nnc(OC(C)(C)C)c(C(N)=S)c1CC. The van der Waals surface area contributed by atoms with Crippen molar-refractivity contribution < 1.29 is 4.74 Å². The monoisotopic (exact) mass is 267 g/mol. The van der Waals surface area contributed by atoms with Crippen LogP contribution in [-0.2, 0) is 12.8 Å². The topological polar surface area (TPSA) is 61.0 Å². The fourth-order valence-electron chi connectivity index (χ4n) is 1.77. The number of rotatable bonds is 4. The fourth-order valence-corrected chi connectivity index (χ4v) is 1.98. The van der Waals surface area contributed by atoms with E-state index in [4.69, 9.17) is 22.7 Å². The molecule has 5 heteroatoms. The molecule has 0 fully saturated rings. The average molecular weight is 267 g/mol. The zero-order valence-electron chi connectivity index (χ0n) is 11.7. The molecule has 0 radical (unpaired) electrons. The third kappa shape index (κ3) is 3.38. The van der Waals surface area contributed by atoms with Crippen molar-refractivity contribution >= 4 is 17.2 Å². The van der Waals surface area contributed by atoms with Gasteiger partial charge in [0.2, 0.25) is 5.88 Å². The van der Waals surface area contributed by atoms with Crippen molar-refractivity contribution in [3.63, 3.8) is 0 Å². The average Bonchev–Trinajstić information content (AvgIpc) is 2.25. The number of thiocarbonyl (C=S) groups is 1. The van der Waals surface area contributed by atoms with Gasteiger partial charge in [0.1, 0.15) is 10.6 Å². The van der Waals surface area contributed by atoms with Crippen LogP contribution in [-0.4, -0.2) is 20.8 Å². The lowest BCUT2D eigenvalue weighted by Gasteiger charge is -2.23. The molecule has 0 amide bonds. The molecule has 0 aromatic carbocycles. The molecule has 18 heavy (non-hydrogen) atoms. The van der Waals surface area contributed by atoms with Crippen LogP contribution in [0.5, 0.6) is 5.88 Å². The van der Waals surface area contributed by atoms with E-state index in [2.05, 4.69) is 17.1 Å². The van der Waals surface area contributed by atoms with Crippen LogP contribution < -0.4 is 10.5 Å². The lowest BCUT2D eigenvalue weighted by atomic mass is 10.0. The van der Waals surface area contributed by atoms with Gasteiger partial charge in [0.05, 0.1) is 11.3 Å². The van der Waals surface area contributed by atoms with Crippen molar-refractivity contribution in [2.24, 2.45) is 5.73 Å². The van der Waals surface area contributed by atoms with Crippen molar-refractivity contribution in [2.75, 3.05) is 0 Å². The molecule has 4 nitrogen and oxygen atoms in total. The maximum atomic E-state index is 5.82. The molecule has 0 aliphatic rings. The molecule has 1 rings (SSSR count). The van der Waals surface area contributed by atoms with Crippen LogP contribution in [0.2, 0.25) is 0 Å². The first-order valence-corrected chi connectivity index (χ1v) is 6.58. The highest BCUT2D eigenvalue weighted by Gasteiger charge is 2.22. The van der Waals surface area contributed by atoms with Gasteiger partial charge in [0, 0.05) is 0 Å². The maximum absolute atomic E-state index is 5.82. The van der Waals surface area contributed by atoms with Gasteiger partial charge >= 0.3 is 0 Å². The molecule has 1 aromatic heterocycles. The van der Waals surface area contributed by atoms with E-state index in [1.807, 2.05) is 27.7 Å². The predicted octanol–water partition coefficient (Wildman–Crippen LogP) is 2.41. The largest absolute Gasteiger partial charge is 0.470 e. The van der Waals surface area contributed by atoms with E-state index in [-0.39, 0.29) is 5.60 Å². The first kappa shape index (κ1) is 14.8. The van der Waals surface area contributed by atoms with Crippen LogP contribution >= 0.6 is 12.2 Å². The standard InChI is InChI=1S/C13H21N3OS/c1-6-8-9(7-2)15-16-12(10(8)11(14)18)17-13(3,4)5/h6-7H2,1-5H3,(H2,14,18). The molecule has 0 saturated carbocycles. The highest BCUT2D eigenvalue weighted by Crippen LogP contribution is 2.25. The first-order valence-electron chi connectivity index (χ1n) is 6.17. The number of ether oxygens (including phenoxy) is 1. The van der Waals surface area contributed by atoms with Crippen molar-refractivity contribution in [3.05, 3.63) is 16.8 Å². The lowest BCUT2D eigenvalue weighted by molar-refractivity contribution is 0.122. The molecule has 2 N–H and O–H groups in total. The van der Waals surface area contributed by atoms with E-state index in [1.54, 1.807) is 0 Å². The van der Waals surface area contributed by atoms with Gasteiger partial charge in [-0.1, -0.05) is 26.1 Å². The molecule has 0 unspecified atom stereocenters. The minimum absolute atomic E-state index is 0.315. The van der Waals surface area contributed by atoms with E-state index in [9.17, 15) is 0 Å². The van der Waals surface area contributed by atoms with Crippen LogP contribution in [0.1, 0.15) is 51.4 Å². The van der Waals surface area contributed by atoms with Gasteiger partial charge in [0.25, 0.3) is 0 Å². The fraction of sp³-hybridized carbons (Fsp3) is 0.615. The summed E-state index contributed by atoms with van der Waals surface area (Å²) in [5.74, 6) is 0.434. The van der Waals surface area contributed by atoms with Crippen LogP contribution in [0.25, 0.3) is 0 Å². The molecule has 1 heterocycles. The Hall–Kier alpha value is -1.23. The Morgan fingerprint density at radius 2 is 1.83 bits per heavy atom. The van der Waals surface area contributed by atoms with E-state index in [0.29, 0.717) is 10.9 Å². The number of nitrogens with zero attached hydrogens (tertiary/aromatic N) is 2. The summed E-state index contributed by atoms with van der Waals surface area (Å²) in [4.78, 5) is 0.315. The molecule has 1 aromatic rings. The smallest absolute Gasteiger partial charge is 0.244 e. The number of aryl methyl sites for hydroxylation is 1. The molecule has 0 atom stereocenters. The third-order valence-electron chi connectivity index (χ3n) is 2.46. The second kappa shape index (κ2) is 5.61. The van der Waals surface area contributed by atoms with Gasteiger partial charge in [-0.3, -0.25) is 0 Å². The summed E-state index contributed by atoms with van der Waals surface area (Å²) in [6.45, 7) is 9.96. The number of aromatic nitrogens is 2. The van der Waals surface area contributed by atoms with E-state index >= 15 is 0 Å². The van der Waals surface area contributed by atoms with Crippen molar-refractivity contribution in [1.29, 1.82) is 0 Å². The number of hydrogen-bond donors (Lipinski definition) is 1. The summed E-state index contributed by atoms with van der Waals surface area (Å²) in [6.07, 6.45) is 1.62. The highest BCUT2D eigenvalue weighted by molar-refractivity contribution is 7.80. The summed E-state index contributed by atoms with van der Waals surface area (Å²) in [6, 6.07) is 0. The Kier molecular flexibility index (Phi) is 4.62. The van der Waals surface area contributed by atoms with Crippen LogP contribution in [0.3, 0.4) is 0 Å².